The number of sulfonamides is 1. The standard InChI is InChI=1S/C22H17N3O6S2/c26-20-18-16(21(27)28)12-32-19(18)23-22(29)25(20)14-7-3-8-15(11-14)33(30,31)24-10-4-6-13-5-1-2-9-17(13)24/h1-3,5,7-9,11-12H,4,6,10H2,(H,23,29)(H,27,28). The second-order valence-electron chi connectivity index (χ2n) is 7.54. The van der Waals surface area contributed by atoms with Crippen LogP contribution in [0.5, 0.6) is 0 Å². The summed E-state index contributed by atoms with van der Waals surface area (Å²) in [4.78, 5) is 39.8. The maximum atomic E-state index is 13.5. The van der Waals surface area contributed by atoms with Crippen molar-refractivity contribution in [3.8, 4) is 5.69 Å². The Morgan fingerprint density at radius 1 is 1.09 bits per heavy atom. The summed E-state index contributed by atoms with van der Waals surface area (Å²) in [6.45, 7) is 0.312. The lowest BCUT2D eigenvalue weighted by Crippen LogP contribution is -2.36. The fourth-order valence-electron chi connectivity index (χ4n) is 4.07. The van der Waals surface area contributed by atoms with Crippen LogP contribution in [0.25, 0.3) is 15.9 Å². The summed E-state index contributed by atoms with van der Waals surface area (Å²) in [7, 11) is -3.97. The van der Waals surface area contributed by atoms with Gasteiger partial charge < -0.3 is 5.11 Å². The Morgan fingerprint density at radius 3 is 2.67 bits per heavy atom. The fourth-order valence-corrected chi connectivity index (χ4v) is 6.57. The zero-order valence-electron chi connectivity index (χ0n) is 17.0. The maximum absolute atomic E-state index is 13.5. The molecule has 0 saturated carbocycles. The number of thiophene rings is 1. The summed E-state index contributed by atoms with van der Waals surface area (Å²) in [5.74, 6) is -1.29. The molecule has 4 aromatic rings. The van der Waals surface area contributed by atoms with Crippen molar-refractivity contribution in [2.75, 3.05) is 10.8 Å². The van der Waals surface area contributed by atoms with E-state index in [9.17, 15) is 27.9 Å². The van der Waals surface area contributed by atoms with Crippen molar-refractivity contribution >= 4 is 43.2 Å². The predicted octanol–water partition coefficient (Wildman–Crippen LogP) is 2.58. The number of carbonyl (C=O) groups is 1. The van der Waals surface area contributed by atoms with E-state index in [0.29, 0.717) is 18.7 Å². The molecule has 0 saturated heterocycles. The van der Waals surface area contributed by atoms with E-state index in [1.807, 2.05) is 12.1 Å². The molecule has 33 heavy (non-hydrogen) atoms. The molecule has 0 fully saturated rings. The van der Waals surface area contributed by atoms with Gasteiger partial charge in [0.15, 0.2) is 0 Å². The lowest BCUT2D eigenvalue weighted by atomic mass is 10.0. The highest BCUT2D eigenvalue weighted by atomic mass is 32.2. The normalized spacial score (nSPS) is 13.8. The van der Waals surface area contributed by atoms with Gasteiger partial charge in [0.25, 0.3) is 15.6 Å². The Balaban J connectivity index is 1.67. The van der Waals surface area contributed by atoms with Crippen molar-refractivity contribution in [1.29, 1.82) is 0 Å². The van der Waals surface area contributed by atoms with Gasteiger partial charge in [-0.3, -0.25) is 14.1 Å². The molecule has 2 aromatic carbocycles. The third-order valence-corrected chi connectivity index (χ3v) is 8.30. The molecule has 168 valence electrons. The monoisotopic (exact) mass is 483 g/mol. The number of carboxylic acid groups (broad SMARTS) is 1. The van der Waals surface area contributed by atoms with Crippen LogP contribution in [0.3, 0.4) is 0 Å². The van der Waals surface area contributed by atoms with Crippen LogP contribution in [-0.4, -0.2) is 35.6 Å². The number of para-hydroxylation sites is 1. The number of fused-ring (bicyclic) bond motifs is 2. The Labute approximate surface area is 191 Å². The topological polar surface area (TPSA) is 130 Å². The van der Waals surface area contributed by atoms with Gasteiger partial charge in [0, 0.05) is 11.9 Å². The molecule has 5 rings (SSSR count). The van der Waals surface area contributed by atoms with Crippen molar-refractivity contribution in [3.63, 3.8) is 0 Å². The lowest BCUT2D eigenvalue weighted by Gasteiger charge is -2.30. The minimum atomic E-state index is -3.97. The highest BCUT2D eigenvalue weighted by Crippen LogP contribution is 2.32. The first-order chi connectivity index (χ1) is 15.8. The molecule has 0 aliphatic carbocycles. The number of nitrogens with one attached hydrogen (secondary N) is 1. The van der Waals surface area contributed by atoms with E-state index in [2.05, 4.69) is 4.98 Å². The molecular formula is C22H17N3O6S2. The summed E-state index contributed by atoms with van der Waals surface area (Å²) in [5, 5.41) is 10.5. The van der Waals surface area contributed by atoms with Crippen molar-refractivity contribution in [2.24, 2.45) is 0 Å². The predicted molar refractivity (Wildman–Crippen MR) is 124 cm³/mol. The van der Waals surface area contributed by atoms with E-state index >= 15 is 0 Å². The van der Waals surface area contributed by atoms with Crippen LogP contribution >= 0.6 is 11.3 Å². The zero-order valence-corrected chi connectivity index (χ0v) is 18.6. The average Bonchev–Trinajstić information content (AvgIpc) is 3.23. The van der Waals surface area contributed by atoms with Crippen LogP contribution in [0.2, 0.25) is 0 Å². The first-order valence-corrected chi connectivity index (χ1v) is 12.3. The summed E-state index contributed by atoms with van der Waals surface area (Å²) in [6, 6.07) is 12.8. The molecule has 0 radical (unpaired) electrons. The van der Waals surface area contributed by atoms with E-state index in [1.165, 1.54) is 34.0 Å². The van der Waals surface area contributed by atoms with Crippen LogP contribution in [0, 0.1) is 0 Å². The molecule has 0 amide bonds. The molecule has 3 heterocycles. The lowest BCUT2D eigenvalue weighted by molar-refractivity contribution is 0.0699. The third kappa shape index (κ3) is 3.36. The molecule has 0 atom stereocenters. The van der Waals surface area contributed by atoms with Crippen molar-refractivity contribution in [1.82, 2.24) is 9.55 Å². The molecule has 2 N–H and O–H groups in total. The van der Waals surface area contributed by atoms with E-state index in [4.69, 9.17) is 0 Å². The summed E-state index contributed by atoms with van der Waals surface area (Å²) < 4.78 is 29.1. The minimum absolute atomic E-state index is 0.0251. The molecule has 2 aromatic heterocycles. The number of benzene rings is 2. The number of rotatable bonds is 4. The smallest absolute Gasteiger partial charge is 0.337 e. The Kier molecular flexibility index (Phi) is 4.94. The summed E-state index contributed by atoms with van der Waals surface area (Å²) >= 11 is 0.942. The third-order valence-electron chi connectivity index (χ3n) is 5.59. The second kappa shape index (κ2) is 7.71. The van der Waals surface area contributed by atoms with Gasteiger partial charge in [-0.15, -0.1) is 11.3 Å². The number of aromatic amines is 1. The van der Waals surface area contributed by atoms with Gasteiger partial charge in [0.1, 0.15) is 4.83 Å². The van der Waals surface area contributed by atoms with Crippen molar-refractivity contribution < 1.29 is 18.3 Å². The fraction of sp³-hybridized carbons (Fsp3) is 0.136. The van der Waals surface area contributed by atoms with Crippen LogP contribution in [0.15, 0.2) is 68.4 Å². The summed E-state index contributed by atoms with van der Waals surface area (Å²) in [6.07, 6.45) is 1.45. The van der Waals surface area contributed by atoms with E-state index in [1.54, 1.807) is 12.1 Å². The highest BCUT2D eigenvalue weighted by Gasteiger charge is 2.29. The van der Waals surface area contributed by atoms with Crippen LogP contribution in [-0.2, 0) is 16.4 Å². The van der Waals surface area contributed by atoms with E-state index < -0.39 is 27.2 Å². The number of H-pyrrole nitrogens is 1. The van der Waals surface area contributed by atoms with Gasteiger partial charge in [-0.1, -0.05) is 24.3 Å². The number of hydrogen-bond donors (Lipinski definition) is 2. The van der Waals surface area contributed by atoms with Crippen LogP contribution in [0.4, 0.5) is 5.69 Å². The molecule has 0 bridgehead atoms. The van der Waals surface area contributed by atoms with Gasteiger partial charge in [-0.2, -0.15) is 0 Å². The molecule has 11 heteroatoms. The van der Waals surface area contributed by atoms with Gasteiger partial charge in [-0.05, 0) is 42.7 Å². The van der Waals surface area contributed by atoms with Crippen molar-refractivity contribution in [2.45, 2.75) is 17.7 Å². The SMILES string of the molecule is O=C(O)c1csc2[nH]c(=O)n(-c3cccc(S(=O)(=O)N4CCCc5ccccc54)c3)c(=O)c12. The first kappa shape index (κ1) is 21.2. The number of anilines is 1. The molecular weight excluding hydrogens is 466 g/mol. The number of carboxylic acids is 1. The van der Waals surface area contributed by atoms with E-state index in [-0.39, 0.29) is 26.4 Å². The molecule has 1 aliphatic heterocycles. The maximum Gasteiger partial charge on any atom is 0.337 e. The molecule has 0 unspecified atom stereocenters. The van der Waals surface area contributed by atoms with E-state index in [0.717, 1.165) is 27.9 Å². The number of aromatic nitrogens is 2. The number of nitrogens with zero attached hydrogens (tertiary/aromatic N) is 2. The minimum Gasteiger partial charge on any atom is -0.478 e. The van der Waals surface area contributed by atoms with Gasteiger partial charge in [0.2, 0.25) is 0 Å². The van der Waals surface area contributed by atoms with Crippen LogP contribution < -0.4 is 15.6 Å². The van der Waals surface area contributed by atoms with Gasteiger partial charge >= 0.3 is 11.7 Å². The Hall–Kier alpha value is -3.70. The number of aryl methyl sites for hydroxylation is 1. The molecule has 1 aliphatic rings. The average molecular weight is 484 g/mol. The number of hydrogen-bond acceptors (Lipinski definition) is 6. The van der Waals surface area contributed by atoms with Gasteiger partial charge in [-0.25, -0.2) is 22.6 Å². The van der Waals surface area contributed by atoms with Gasteiger partial charge in [0.05, 0.1) is 27.2 Å². The van der Waals surface area contributed by atoms with Crippen LogP contribution in [0.1, 0.15) is 22.3 Å². The van der Waals surface area contributed by atoms with Crippen molar-refractivity contribution in [3.05, 3.63) is 85.9 Å². The summed E-state index contributed by atoms with van der Waals surface area (Å²) in [5.41, 5.74) is -0.277. The molecule has 0 spiro atoms. The molecule has 9 nitrogen and oxygen atoms in total. The Bertz CT molecular complexity index is 1650. The Morgan fingerprint density at radius 2 is 1.88 bits per heavy atom. The zero-order chi connectivity index (χ0) is 23.3. The first-order valence-electron chi connectivity index (χ1n) is 10.00. The second-order valence-corrected chi connectivity index (χ2v) is 10.3. The number of aromatic carboxylic acids is 1. The highest BCUT2D eigenvalue weighted by molar-refractivity contribution is 7.92. The largest absolute Gasteiger partial charge is 0.478 e. The quantitative estimate of drug-likeness (QED) is 0.459.